The van der Waals surface area contributed by atoms with Gasteiger partial charge in [-0.15, -0.1) is 24.0 Å². The Bertz CT molecular complexity index is 325. The van der Waals surface area contributed by atoms with E-state index in [1.54, 1.807) is 0 Å². The Morgan fingerprint density at radius 2 is 2.18 bits per heavy atom. The molecule has 0 atom stereocenters. The normalized spacial score (nSPS) is 10.6. The van der Waals surface area contributed by atoms with E-state index in [4.69, 9.17) is 0 Å². The second-order valence-corrected chi connectivity index (χ2v) is 3.70. The highest BCUT2D eigenvalue weighted by atomic mass is 127. The number of aromatic nitrogens is 1. The van der Waals surface area contributed by atoms with Crippen molar-refractivity contribution in [1.29, 1.82) is 0 Å². The minimum absolute atomic E-state index is 0. The fourth-order valence-corrected chi connectivity index (χ4v) is 1.34. The Balaban J connectivity index is 0.00000256. The molecule has 1 rings (SSSR count). The fraction of sp³-hybridized carbons (Fsp3) is 0.500. The highest BCUT2D eigenvalue weighted by molar-refractivity contribution is 14.0. The molecule has 0 aromatic carbocycles. The summed E-state index contributed by atoms with van der Waals surface area (Å²) in [7, 11) is 3.98. The first-order valence-electron chi connectivity index (χ1n) is 5.59. The van der Waals surface area contributed by atoms with Gasteiger partial charge in [0, 0.05) is 45.5 Å². The van der Waals surface area contributed by atoms with E-state index in [1.807, 2.05) is 43.4 Å². The van der Waals surface area contributed by atoms with Crippen molar-refractivity contribution in [3.8, 4) is 0 Å². The molecule has 0 saturated carbocycles. The van der Waals surface area contributed by atoms with Crippen LogP contribution in [0.2, 0.25) is 0 Å². The Hall–Kier alpha value is -0.850. The van der Waals surface area contributed by atoms with Gasteiger partial charge in [-0.3, -0.25) is 9.98 Å². The summed E-state index contributed by atoms with van der Waals surface area (Å²) in [6, 6.07) is 5.96. The molecule has 0 radical (unpaired) electrons. The number of nitrogens with one attached hydrogen (secondary N) is 1. The molecule has 17 heavy (non-hydrogen) atoms. The Labute approximate surface area is 121 Å². The molecule has 96 valence electrons. The molecule has 0 saturated heterocycles. The molecule has 1 aromatic rings. The van der Waals surface area contributed by atoms with E-state index >= 15 is 0 Å². The summed E-state index contributed by atoms with van der Waals surface area (Å²) >= 11 is 0. The van der Waals surface area contributed by atoms with E-state index in [-0.39, 0.29) is 24.0 Å². The van der Waals surface area contributed by atoms with E-state index in [1.165, 1.54) is 0 Å². The van der Waals surface area contributed by atoms with Gasteiger partial charge in [0.05, 0.1) is 0 Å². The summed E-state index contributed by atoms with van der Waals surface area (Å²) in [6.45, 7) is 3.72. The van der Waals surface area contributed by atoms with Crippen LogP contribution < -0.4 is 5.32 Å². The minimum atomic E-state index is 0. The molecule has 0 unspecified atom stereocenters. The van der Waals surface area contributed by atoms with Crippen molar-refractivity contribution < 1.29 is 0 Å². The Kier molecular flexibility index (Phi) is 8.75. The lowest BCUT2D eigenvalue weighted by atomic mass is 10.3. The Morgan fingerprint density at radius 3 is 2.71 bits per heavy atom. The van der Waals surface area contributed by atoms with Gasteiger partial charge in [0.1, 0.15) is 0 Å². The van der Waals surface area contributed by atoms with Crippen molar-refractivity contribution in [3.63, 3.8) is 0 Å². The second-order valence-electron chi connectivity index (χ2n) is 3.70. The molecule has 0 spiro atoms. The summed E-state index contributed by atoms with van der Waals surface area (Å²) < 4.78 is 0. The molecule has 0 amide bonds. The second kappa shape index (κ2) is 9.21. The van der Waals surface area contributed by atoms with Gasteiger partial charge in [0.25, 0.3) is 0 Å². The highest BCUT2D eigenvalue weighted by Crippen LogP contribution is 1.95. The lowest BCUT2D eigenvalue weighted by molar-refractivity contribution is 0.583. The maximum Gasteiger partial charge on any atom is 0.193 e. The van der Waals surface area contributed by atoms with Gasteiger partial charge in [-0.1, -0.05) is 6.07 Å². The van der Waals surface area contributed by atoms with Crippen molar-refractivity contribution in [2.24, 2.45) is 4.99 Å². The highest BCUT2D eigenvalue weighted by Gasteiger charge is 1.98. The third-order valence-corrected chi connectivity index (χ3v) is 2.11. The van der Waals surface area contributed by atoms with Crippen LogP contribution in [0.25, 0.3) is 0 Å². The van der Waals surface area contributed by atoms with Crippen LogP contribution in [0.4, 0.5) is 0 Å². The molecule has 0 aliphatic heterocycles. The van der Waals surface area contributed by atoms with Gasteiger partial charge in [0.15, 0.2) is 5.96 Å². The molecular weight excluding hydrogens is 327 g/mol. The van der Waals surface area contributed by atoms with E-state index in [0.717, 1.165) is 31.2 Å². The van der Waals surface area contributed by atoms with Gasteiger partial charge >= 0.3 is 0 Å². The first-order chi connectivity index (χ1) is 7.74. The third kappa shape index (κ3) is 6.45. The average Bonchev–Trinajstić information content (AvgIpc) is 2.29. The van der Waals surface area contributed by atoms with Gasteiger partial charge in [-0.2, -0.15) is 0 Å². The van der Waals surface area contributed by atoms with Crippen molar-refractivity contribution in [2.45, 2.75) is 13.3 Å². The van der Waals surface area contributed by atoms with Crippen LogP contribution in [0.3, 0.4) is 0 Å². The summed E-state index contributed by atoms with van der Waals surface area (Å²) in [4.78, 5) is 10.8. The predicted molar refractivity (Wildman–Crippen MR) is 83.0 cm³/mol. The molecule has 1 heterocycles. The molecule has 0 aliphatic rings. The summed E-state index contributed by atoms with van der Waals surface area (Å²) in [6.07, 6.45) is 2.69. The number of nitrogens with zero attached hydrogens (tertiary/aromatic N) is 3. The van der Waals surface area contributed by atoms with E-state index in [2.05, 4.69) is 22.2 Å². The first-order valence-corrected chi connectivity index (χ1v) is 5.59. The minimum Gasteiger partial charge on any atom is -0.357 e. The van der Waals surface area contributed by atoms with E-state index in [9.17, 15) is 0 Å². The van der Waals surface area contributed by atoms with E-state index < -0.39 is 0 Å². The zero-order valence-corrected chi connectivity index (χ0v) is 13.0. The van der Waals surface area contributed by atoms with Crippen molar-refractivity contribution in [2.75, 3.05) is 27.2 Å². The lowest BCUT2D eigenvalue weighted by Crippen LogP contribution is -2.36. The lowest BCUT2D eigenvalue weighted by Gasteiger charge is -2.16. The fourth-order valence-electron chi connectivity index (χ4n) is 1.34. The quantitative estimate of drug-likeness (QED) is 0.512. The molecule has 0 fully saturated rings. The average molecular weight is 348 g/mol. The smallest absolute Gasteiger partial charge is 0.193 e. The number of hydrogen-bond acceptors (Lipinski definition) is 2. The van der Waals surface area contributed by atoms with Crippen LogP contribution in [-0.4, -0.2) is 43.0 Å². The van der Waals surface area contributed by atoms with Crippen molar-refractivity contribution in [1.82, 2.24) is 15.2 Å². The summed E-state index contributed by atoms with van der Waals surface area (Å²) in [5.41, 5.74) is 1.08. The molecule has 1 N–H and O–H groups in total. The number of guanidine groups is 1. The first kappa shape index (κ1) is 16.1. The van der Waals surface area contributed by atoms with E-state index in [0.29, 0.717) is 0 Å². The zero-order valence-electron chi connectivity index (χ0n) is 10.7. The number of aliphatic imine (C=N–C) groups is 1. The van der Waals surface area contributed by atoms with Gasteiger partial charge in [-0.05, 0) is 19.1 Å². The number of rotatable bonds is 4. The van der Waals surface area contributed by atoms with Crippen molar-refractivity contribution in [3.05, 3.63) is 30.1 Å². The molecule has 1 aromatic heterocycles. The number of hydrogen-bond donors (Lipinski definition) is 1. The standard InChI is InChI=1S/C12H20N4.HI/c1-4-13-12(16(2)3)15-10-8-11-7-5-6-9-14-11;/h5-7,9H,4,8,10H2,1-3H3,(H,13,15);1H. The van der Waals surface area contributed by atoms with Crippen LogP contribution >= 0.6 is 24.0 Å². The topological polar surface area (TPSA) is 40.5 Å². The molecule has 5 heteroatoms. The van der Waals surface area contributed by atoms with Crippen molar-refractivity contribution >= 4 is 29.9 Å². The van der Waals surface area contributed by atoms with Crippen LogP contribution in [0.15, 0.2) is 29.4 Å². The molecule has 4 nitrogen and oxygen atoms in total. The monoisotopic (exact) mass is 348 g/mol. The number of halogens is 1. The third-order valence-electron chi connectivity index (χ3n) is 2.11. The molecule has 0 aliphatic carbocycles. The summed E-state index contributed by atoms with van der Waals surface area (Å²) in [5, 5.41) is 3.22. The SMILES string of the molecule is CCNC(=NCCc1ccccn1)N(C)C.I. The predicted octanol–water partition coefficient (Wildman–Crippen LogP) is 1.77. The van der Waals surface area contributed by atoms with Crippen LogP contribution in [0.1, 0.15) is 12.6 Å². The van der Waals surface area contributed by atoms with Crippen LogP contribution in [0, 0.1) is 0 Å². The summed E-state index contributed by atoms with van der Waals surface area (Å²) in [5.74, 6) is 0.929. The maximum absolute atomic E-state index is 4.50. The number of pyridine rings is 1. The van der Waals surface area contributed by atoms with Gasteiger partial charge in [-0.25, -0.2) is 0 Å². The zero-order chi connectivity index (χ0) is 11.8. The van der Waals surface area contributed by atoms with Gasteiger partial charge < -0.3 is 10.2 Å². The van der Waals surface area contributed by atoms with Crippen LogP contribution in [0.5, 0.6) is 0 Å². The maximum atomic E-state index is 4.50. The van der Waals surface area contributed by atoms with Gasteiger partial charge in [0.2, 0.25) is 0 Å². The Morgan fingerprint density at radius 1 is 1.41 bits per heavy atom. The van der Waals surface area contributed by atoms with Crippen LogP contribution in [-0.2, 0) is 6.42 Å². The molecular formula is C12H21IN4. The largest absolute Gasteiger partial charge is 0.357 e. The molecule has 0 bridgehead atoms.